The molecule has 3 nitrogen and oxygen atoms in total. The standard InChI is InChI=1S/C9H19NO2S/c1-8(2)10-7-9(11)3-5-13(12)6-4-9/h8,10-11H,3-7H2,1-2H3. The Labute approximate surface area is 82.4 Å². The van der Waals surface area contributed by atoms with Crippen LogP contribution in [0.4, 0.5) is 0 Å². The fourth-order valence-electron chi connectivity index (χ4n) is 1.41. The highest BCUT2D eigenvalue weighted by Gasteiger charge is 2.31. The van der Waals surface area contributed by atoms with Gasteiger partial charge in [-0.15, -0.1) is 0 Å². The van der Waals surface area contributed by atoms with Crippen molar-refractivity contribution in [2.24, 2.45) is 0 Å². The molecule has 0 atom stereocenters. The van der Waals surface area contributed by atoms with Crippen molar-refractivity contribution in [1.29, 1.82) is 0 Å². The first-order chi connectivity index (χ1) is 6.02. The molecule has 0 aromatic rings. The number of hydrogen-bond acceptors (Lipinski definition) is 3. The highest BCUT2D eigenvalue weighted by molar-refractivity contribution is 7.85. The lowest BCUT2D eigenvalue weighted by Gasteiger charge is -2.32. The van der Waals surface area contributed by atoms with Gasteiger partial charge in [0.1, 0.15) is 0 Å². The monoisotopic (exact) mass is 205 g/mol. The van der Waals surface area contributed by atoms with Crippen LogP contribution in [0, 0.1) is 0 Å². The minimum atomic E-state index is -0.689. The van der Waals surface area contributed by atoms with E-state index in [4.69, 9.17) is 0 Å². The molecule has 1 aliphatic rings. The molecule has 0 aromatic carbocycles. The molecule has 0 amide bonds. The minimum Gasteiger partial charge on any atom is -0.388 e. The highest BCUT2D eigenvalue weighted by atomic mass is 32.2. The van der Waals surface area contributed by atoms with Crippen LogP contribution in [-0.4, -0.2) is 39.0 Å². The van der Waals surface area contributed by atoms with Crippen molar-refractivity contribution in [3.05, 3.63) is 0 Å². The molecular weight excluding hydrogens is 186 g/mol. The second-order valence-corrected chi connectivity index (χ2v) is 5.80. The molecular formula is C9H19NO2S. The Balaban J connectivity index is 2.34. The molecule has 1 rings (SSSR count). The molecule has 0 radical (unpaired) electrons. The van der Waals surface area contributed by atoms with Crippen molar-refractivity contribution in [2.75, 3.05) is 18.1 Å². The molecule has 1 heterocycles. The van der Waals surface area contributed by atoms with E-state index >= 15 is 0 Å². The molecule has 0 unspecified atom stereocenters. The third-order valence-electron chi connectivity index (χ3n) is 2.43. The summed E-state index contributed by atoms with van der Waals surface area (Å²) in [5.74, 6) is 1.30. The zero-order chi connectivity index (χ0) is 9.90. The Morgan fingerprint density at radius 1 is 1.46 bits per heavy atom. The predicted molar refractivity (Wildman–Crippen MR) is 55.2 cm³/mol. The molecule has 0 spiro atoms. The second kappa shape index (κ2) is 4.53. The number of nitrogens with one attached hydrogen (secondary N) is 1. The second-order valence-electron chi connectivity index (χ2n) is 4.11. The van der Waals surface area contributed by atoms with Gasteiger partial charge in [-0.25, -0.2) is 0 Å². The first-order valence-corrected chi connectivity index (χ1v) is 6.31. The summed E-state index contributed by atoms with van der Waals surface area (Å²) in [5.41, 5.74) is -0.613. The van der Waals surface area contributed by atoms with E-state index in [1.165, 1.54) is 0 Å². The van der Waals surface area contributed by atoms with E-state index in [2.05, 4.69) is 19.2 Å². The van der Waals surface area contributed by atoms with Gasteiger partial charge in [0.2, 0.25) is 0 Å². The Hall–Kier alpha value is 0.0700. The summed E-state index contributed by atoms with van der Waals surface area (Å²) in [6.07, 6.45) is 1.33. The lowest BCUT2D eigenvalue weighted by atomic mass is 9.96. The van der Waals surface area contributed by atoms with Crippen LogP contribution in [0.15, 0.2) is 0 Å². The van der Waals surface area contributed by atoms with Gasteiger partial charge < -0.3 is 10.4 Å². The molecule has 0 aromatic heterocycles. The lowest BCUT2D eigenvalue weighted by molar-refractivity contribution is 0.0297. The summed E-state index contributed by atoms with van der Waals surface area (Å²) >= 11 is 0. The van der Waals surface area contributed by atoms with Crippen LogP contribution in [0.3, 0.4) is 0 Å². The van der Waals surface area contributed by atoms with Crippen LogP contribution in [0.2, 0.25) is 0 Å². The Kier molecular flexibility index (Phi) is 3.88. The quantitative estimate of drug-likeness (QED) is 0.695. The van der Waals surface area contributed by atoms with Crippen LogP contribution in [0.1, 0.15) is 26.7 Å². The van der Waals surface area contributed by atoms with Crippen molar-refractivity contribution in [1.82, 2.24) is 5.32 Å². The van der Waals surface area contributed by atoms with Gasteiger partial charge >= 0.3 is 0 Å². The highest BCUT2D eigenvalue weighted by Crippen LogP contribution is 2.21. The maximum absolute atomic E-state index is 11.1. The van der Waals surface area contributed by atoms with Crippen LogP contribution < -0.4 is 5.32 Å². The van der Waals surface area contributed by atoms with Crippen molar-refractivity contribution >= 4 is 10.8 Å². The molecule has 0 aliphatic carbocycles. The SMILES string of the molecule is CC(C)NCC1(O)CCS(=O)CC1. The van der Waals surface area contributed by atoms with Gasteiger partial charge in [0.15, 0.2) is 0 Å². The zero-order valence-corrected chi connectivity index (χ0v) is 9.19. The molecule has 1 saturated heterocycles. The summed E-state index contributed by atoms with van der Waals surface area (Å²) in [5, 5.41) is 13.3. The van der Waals surface area contributed by atoms with E-state index in [-0.39, 0.29) is 0 Å². The molecule has 4 heteroatoms. The first kappa shape index (κ1) is 11.1. The average molecular weight is 205 g/mol. The number of rotatable bonds is 3. The van der Waals surface area contributed by atoms with Crippen molar-refractivity contribution in [2.45, 2.75) is 38.3 Å². The van der Waals surface area contributed by atoms with E-state index in [9.17, 15) is 9.32 Å². The lowest BCUT2D eigenvalue weighted by Crippen LogP contribution is -2.47. The maximum Gasteiger partial charge on any atom is 0.0789 e. The molecule has 0 bridgehead atoms. The summed E-state index contributed by atoms with van der Waals surface area (Å²) < 4.78 is 11.1. The molecule has 78 valence electrons. The predicted octanol–water partition coefficient (Wildman–Crippen LogP) is 0.258. The van der Waals surface area contributed by atoms with Crippen LogP contribution in [0.25, 0.3) is 0 Å². The largest absolute Gasteiger partial charge is 0.388 e. The smallest absolute Gasteiger partial charge is 0.0789 e. The topological polar surface area (TPSA) is 49.3 Å². The molecule has 13 heavy (non-hydrogen) atoms. The van der Waals surface area contributed by atoms with Crippen LogP contribution in [-0.2, 0) is 10.8 Å². The van der Waals surface area contributed by atoms with E-state index in [1.807, 2.05) is 0 Å². The van der Waals surface area contributed by atoms with Crippen molar-refractivity contribution in [3.8, 4) is 0 Å². The minimum absolute atomic E-state index is 0.399. The Bertz CT molecular complexity index is 184. The molecule has 1 fully saturated rings. The van der Waals surface area contributed by atoms with Crippen molar-refractivity contribution in [3.63, 3.8) is 0 Å². The summed E-state index contributed by atoms with van der Waals surface area (Å²) in [6.45, 7) is 4.75. The van der Waals surface area contributed by atoms with Gasteiger partial charge in [-0.05, 0) is 12.8 Å². The summed E-state index contributed by atoms with van der Waals surface area (Å²) in [6, 6.07) is 0.399. The van der Waals surface area contributed by atoms with E-state index in [0.717, 1.165) is 0 Å². The van der Waals surface area contributed by atoms with Gasteiger partial charge in [0.25, 0.3) is 0 Å². The number of hydrogen-bond donors (Lipinski definition) is 2. The molecule has 0 saturated carbocycles. The van der Waals surface area contributed by atoms with Crippen molar-refractivity contribution < 1.29 is 9.32 Å². The van der Waals surface area contributed by atoms with Crippen LogP contribution in [0.5, 0.6) is 0 Å². The molecule has 2 N–H and O–H groups in total. The summed E-state index contributed by atoms with van der Waals surface area (Å²) in [7, 11) is -0.689. The van der Waals surface area contributed by atoms with Gasteiger partial charge in [-0.1, -0.05) is 13.8 Å². The first-order valence-electron chi connectivity index (χ1n) is 4.83. The van der Waals surface area contributed by atoms with Crippen LogP contribution >= 0.6 is 0 Å². The maximum atomic E-state index is 11.1. The fraction of sp³-hybridized carbons (Fsp3) is 1.00. The molecule has 1 aliphatic heterocycles. The van der Waals surface area contributed by atoms with Gasteiger partial charge in [-0.2, -0.15) is 0 Å². The van der Waals surface area contributed by atoms with E-state index in [1.54, 1.807) is 0 Å². The fourth-order valence-corrected chi connectivity index (χ4v) is 2.82. The van der Waals surface area contributed by atoms with E-state index < -0.39 is 16.4 Å². The van der Waals surface area contributed by atoms with Gasteiger partial charge in [0.05, 0.1) is 5.60 Å². The third kappa shape index (κ3) is 3.75. The van der Waals surface area contributed by atoms with E-state index in [0.29, 0.717) is 36.9 Å². The normalized spacial score (nSPS) is 35.2. The summed E-state index contributed by atoms with van der Waals surface area (Å²) in [4.78, 5) is 0. The Morgan fingerprint density at radius 3 is 2.46 bits per heavy atom. The third-order valence-corrected chi connectivity index (χ3v) is 3.75. The Morgan fingerprint density at radius 2 is 2.00 bits per heavy atom. The van der Waals surface area contributed by atoms with Gasteiger partial charge in [0, 0.05) is 34.9 Å². The van der Waals surface area contributed by atoms with Gasteiger partial charge in [-0.3, -0.25) is 4.21 Å². The zero-order valence-electron chi connectivity index (χ0n) is 8.38. The average Bonchev–Trinajstić information content (AvgIpc) is 2.08. The number of aliphatic hydroxyl groups is 1.